The Bertz CT molecular complexity index is 767. The Kier molecular flexibility index (Phi) is 3.52. The molecule has 1 aromatic carbocycles. The monoisotopic (exact) mass is 349 g/mol. The van der Waals surface area contributed by atoms with Crippen LogP contribution in [0.3, 0.4) is 0 Å². The van der Waals surface area contributed by atoms with Crippen LogP contribution in [0.5, 0.6) is 0 Å². The van der Waals surface area contributed by atoms with Gasteiger partial charge in [-0.3, -0.25) is 14.7 Å². The maximum absolute atomic E-state index is 13.6. The molecule has 0 aromatic heterocycles. The highest BCUT2D eigenvalue weighted by molar-refractivity contribution is 6.09. The van der Waals surface area contributed by atoms with Crippen molar-refractivity contribution in [2.24, 2.45) is 4.99 Å². The largest absolute Gasteiger partial charge is 0.465 e. The number of piperidine rings is 1. The number of fused-ring (bicyclic) bond motifs is 1. The van der Waals surface area contributed by atoms with E-state index in [-0.39, 0.29) is 19.0 Å². The van der Waals surface area contributed by atoms with Crippen molar-refractivity contribution >= 4 is 17.8 Å². The number of hydrogen-bond donors (Lipinski definition) is 1. The fourth-order valence-corrected chi connectivity index (χ4v) is 4.06. The lowest BCUT2D eigenvalue weighted by Crippen LogP contribution is -2.51. The summed E-state index contributed by atoms with van der Waals surface area (Å²) in [5, 5.41) is 9.06. The minimum atomic E-state index is -0.999. The molecule has 2 amide bonds. The molecule has 1 spiro atoms. The molecule has 0 saturated carbocycles. The predicted octanol–water partition coefficient (Wildman–Crippen LogP) is 2.55. The van der Waals surface area contributed by atoms with Gasteiger partial charge in [-0.05, 0) is 37.0 Å². The number of hydrogen-bond acceptors (Lipinski definition) is 3. The third-order valence-electron chi connectivity index (χ3n) is 5.32. The van der Waals surface area contributed by atoms with Crippen LogP contribution in [-0.4, -0.2) is 51.4 Å². The van der Waals surface area contributed by atoms with E-state index >= 15 is 0 Å². The SMILES string of the molecule is O=C(O)N1CCC2(CC1)N=C1CCC(c3cc(F)cc(F)c3)N1C2=O. The highest BCUT2D eigenvalue weighted by Gasteiger charge is 2.53. The lowest BCUT2D eigenvalue weighted by atomic mass is 9.87. The van der Waals surface area contributed by atoms with E-state index in [9.17, 15) is 18.4 Å². The molecule has 3 aliphatic rings. The first-order valence-electron chi connectivity index (χ1n) is 8.26. The molecule has 0 aliphatic carbocycles. The Labute approximate surface area is 142 Å². The predicted molar refractivity (Wildman–Crippen MR) is 84.2 cm³/mol. The second kappa shape index (κ2) is 5.50. The second-order valence-electron chi connectivity index (χ2n) is 6.76. The summed E-state index contributed by atoms with van der Waals surface area (Å²) in [5.74, 6) is -0.879. The van der Waals surface area contributed by atoms with Gasteiger partial charge in [-0.1, -0.05) is 0 Å². The Morgan fingerprint density at radius 2 is 1.84 bits per heavy atom. The van der Waals surface area contributed by atoms with Gasteiger partial charge >= 0.3 is 6.09 Å². The third kappa shape index (κ3) is 2.47. The first-order chi connectivity index (χ1) is 11.9. The van der Waals surface area contributed by atoms with E-state index in [0.717, 1.165) is 6.07 Å². The molecule has 6 nitrogen and oxygen atoms in total. The molecular formula is C17H17F2N3O3. The third-order valence-corrected chi connectivity index (χ3v) is 5.32. The molecule has 2 fully saturated rings. The van der Waals surface area contributed by atoms with Crippen LogP contribution in [0.2, 0.25) is 0 Å². The smallest absolute Gasteiger partial charge is 0.407 e. The van der Waals surface area contributed by atoms with Gasteiger partial charge in [0.1, 0.15) is 23.0 Å². The van der Waals surface area contributed by atoms with E-state index < -0.39 is 29.3 Å². The van der Waals surface area contributed by atoms with Gasteiger partial charge in [-0.25, -0.2) is 13.6 Å². The average Bonchev–Trinajstić information content (AvgIpc) is 3.06. The minimum Gasteiger partial charge on any atom is -0.465 e. The molecule has 1 N–H and O–H groups in total. The summed E-state index contributed by atoms with van der Waals surface area (Å²) in [6.45, 7) is 0.510. The van der Waals surface area contributed by atoms with Gasteiger partial charge < -0.3 is 10.0 Å². The minimum absolute atomic E-state index is 0.181. The van der Waals surface area contributed by atoms with E-state index in [2.05, 4.69) is 4.99 Å². The van der Waals surface area contributed by atoms with E-state index in [1.807, 2.05) is 0 Å². The summed E-state index contributed by atoms with van der Waals surface area (Å²) in [7, 11) is 0. The van der Waals surface area contributed by atoms with E-state index in [0.29, 0.717) is 37.1 Å². The molecule has 2 saturated heterocycles. The van der Waals surface area contributed by atoms with Crippen molar-refractivity contribution < 1.29 is 23.5 Å². The van der Waals surface area contributed by atoms with Crippen LogP contribution in [0.15, 0.2) is 23.2 Å². The van der Waals surface area contributed by atoms with Crippen LogP contribution < -0.4 is 0 Å². The first kappa shape index (κ1) is 16.0. The van der Waals surface area contributed by atoms with Crippen LogP contribution in [0.25, 0.3) is 0 Å². The van der Waals surface area contributed by atoms with Gasteiger partial charge in [0.15, 0.2) is 0 Å². The van der Waals surface area contributed by atoms with Crippen LogP contribution >= 0.6 is 0 Å². The Morgan fingerprint density at radius 3 is 2.44 bits per heavy atom. The van der Waals surface area contributed by atoms with Crippen LogP contribution in [0.1, 0.15) is 37.3 Å². The number of aliphatic imine (C=N–C) groups is 1. The summed E-state index contributed by atoms with van der Waals surface area (Å²) in [6, 6.07) is 2.89. The van der Waals surface area contributed by atoms with Crippen LogP contribution in [0, 0.1) is 11.6 Å². The number of nitrogens with zero attached hydrogens (tertiary/aromatic N) is 3. The Hall–Kier alpha value is -2.51. The number of carboxylic acid groups (broad SMARTS) is 1. The summed E-state index contributed by atoms with van der Waals surface area (Å²) < 4.78 is 27.1. The van der Waals surface area contributed by atoms with E-state index in [1.54, 1.807) is 4.90 Å². The molecule has 1 unspecified atom stereocenters. The van der Waals surface area contributed by atoms with Gasteiger partial charge in [0.25, 0.3) is 5.91 Å². The van der Waals surface area contributed by atoms with Crippen molar-refractivity contribution in [3.05, 3.63) is 35.4 Å². The molecule has 4 rings (SSSR count). The van der Waals surface area contributed by atoms with E-state index in [1.165, 1.54) is 17.0 Å². The van der Waals surface area contributed by atoms with Crippen molar-refractivity contribution in [2.45, 2.75) is 37.3 Å². The number of carbonyl (C=O) groups is 2. The van der Waals surface area contributed by atoms with E-state index in [4.69, 9.17) is 5.11 Å². The average molecular weight is 349 g/mol. The van der Waals surface area contributed by atoms with Crippen molar-refractivity contribution in [2.75, 3.05) is 13.1 Å². The molecule has 3 aliphatic heterocycles. The van der Waals surface area contributed by atoms with Gasteiger partial charge in [0, 0.05) is 25.6 Å². The number of halogens is 2. The topological polar surface area (TPSA) is 73.2 Å². The fourth-order valence-electron chi connectivity index (χ4n) is 4.06. The van der Waals surface area contributed by atoms with Gasteiger partial charge in [0.2, 0.25) is 0 Å². The molecule has 0 radical (unpaired) electrons. The standard InChI is InChI=1S/C17H17F2N3O3/c18-11-7-10(8-12(19)9-11)13-1-2-14-20-17(15(23)22(13)14)3-5-21(6-4-17)16(24)25/h7-9,13H,1-6H2,(H,24,25). The Morgan fingerprint density at radius 1 is 1.20 bits per heavy atom. The van der Waals surface area contributed by atoms with Crippen molar-refractivity contribution in [3.63, 3.8) is 0 Å². The molecule has 25 heavy (non-hydrogen) atoms. The number of likely N-dealkylation sites (tertiary alicyclic amines) is 1. The van der Waals surface area contributed by atoms with Crippen LogP contribution in [-0.2, 0) is 4.79 Å². The molecule has 1 atom stereocenters. The lowest BCUT2D eigenvalue weighted by molar-refractivity contribution is -0.134. The summed E-state index contributed by atoms with van der Waals surface area (Å²) in [4.78, 5) is 31.6. The zero-order chi connectivity index (χ0) is 17.8. The molecule has 8 heteroatoms. The Balaban J connectivity index is 1.60. The number of amides is 2. The molecular weight excluding hydrogens is 332 g/mol. The summed E-state index contributed by atoms with van der Waals surface area (Å²) >= 11 is 0. The number of amidine groups is 1. The molecule has 132 valence electrons. The van der Waals surface area contributed by atoms with Gasteiger partial charge in [-0.15, -0.1) is 0 Å². The fraction of sp³-hybridized carbons (Fsp3) is 0.471. The highest BCUT2D eigenvalue weighted by atomic mass is 19.1. The summed E-state index contributed by atoms with van der Waals surface area (Å²) in [5.41, 5.74) is -0.498. The first-order valence-corrected chi connectivity index (χ1v) is 8.26. The highest BCUT2D eigenvalue weighted by Crippen LogP contribution is 2.44. The zero-order valence-electron chi connectivity index (χ0n) is 13.4. The zero-order valence-corrected chi connectivity index (χ0v) is 13.4. The quantitative estimate of drug-likeness (QED) is 0.847. The molecule has 3 heterocycles. The van der Waals surface area contributed by atoms with Crippen molar-refractivity contribution in [3.8, 4) is 0 Å². The molecule has 1 aromatic rings. The van der Waals surface area contributed by atoms with Gasteiger partial charge in [0.05, 0.1) is 6.04 Å². The number of benzene rings is 1. The van der Waals surface area contributed by atoms with Crippen molar-refractivity contribution in [1.82, 2.24) is 9.80 Å². The maximum Gasteiger partial charge on any atom is 0.407 e. The normalized spacial score (nSPS) is 24.6. The van der Waals surface area contributed by atoms with Crippen LogP contribution in [0.4, 0.5) is 13.6 Å². The molecule has 0 bridgehead atoms. The lowest BCUT2D eigenvalue weighted by Gasteiger charge is -2.35. The second-order valence-corrected chi connectivity index (χ2v) is 6.76. The maximum atomic E-state index is 13.6. The van der Waals surface area contributed by atoms with Crippen molar-refractivity contribution in [1.29, 1.82) is 0 Å². The summed E-state index contributed by atoms with van der Waals surface area (Å²) in [6.07, 6.45) is 0.815. The number of rotatable bonds is 1. The van der Waals surface area contributed by atoms with Gasteiger partial charge in [-0.2, -0.15) is 0 Å². The number of carbonyl (C=O) groups excluding carboxylic acids is 1.